The lowest BCUT2D eigenvalue weighted by Gasteiger charge is -1.87. The molecule has 0 saturated carbocycles. The third-order valence-corrected chi connectivity index (χ3v) is 1.65. The summed E-state index contributed by atoms with van der Waals surface area (Å²) in [5.74, 6) is 0. The number of nitrogens with zero attached hydrogens (tertiary/aromatic N) is 3. The molecule has 1 N–H and O–H groups in total. The topological polar surface area (TPSA) is 50.4 Å². The maximum absolute atomic E-state index is 8.68. The molecule has 0 spiro atoms. The Bertz CT molecular complexity index is 349. The summed E-state index contributed by atoms with van der Waals surface area (Å²) in [5, 5.41) is 12.9. The number of aliphatic hydroxyl groups is 1. The Labute approximate surface area is 69.5 Å². The van der Waals surface area contributed by atoms with Crippen LogP contribution in [0.5, 0.6) is 0 Å². The lowest BCUT2D eigenvalue weighted by atomic mass is 10.3. The summed E-state index contributed by atoms with van der Waals surface area (Å²) < 4.78 is 1.70. The summed E-state index contributed by atoms with van der Waals surface area (Å²) in [5.41, 5.74) is 1.69. The predicted octanol–water partition coefficient (Wildman–Crippen LogP) is 0.264. The molecule has 0 aliphatic heterocycles. The number of hydrogen-bond acceptors (Lipinski definition) is 3. The zero-order valence-electron chi connectivity index (χ0n) is 6.51. The fourth-order valence-electron chi connectivity index (χ4n) is 1.12. The maximum Gasteiger partial charge on any atom is 0.155 e. The van der Waals surface area contributed by atoms with E-state index >= 15 is 0 Å². The Kier molecular flexibility index (Phi) is 1.75. The molecule has 0 radical (unpaired) electrons. The molecule has 0 bridgehead atoms. The van der Waals surface area contributed by atoms with Crippen LogP contribution in [0.25, 0.3) is 5.65 Å². The second-order valence-corrected chi connectivity index (χ2v) is 2.53. The Balaban J connectivity index is 2.47. The Morgan fingerprint density at radius 2 is 2.42 bits per heavy atom. The summed E-state index contributed by atoms with van der Waals surface area (Å²) in [4.78, 5) is 4.10. The van der Waals surface area contributed by atoms with Crippen molar-refractivity contribution in [3.05, 3.63) is 30.2 Å². The second kappa shape index (κ2) is 2.91. The van der Waals surface area contributed by atoms with Gasteiger partial charge < -0.3 is 5.11 Å². The van der Waals surface area contributed by atoms with Gasteiger partial charge in [-0.3, -0.25) is 0 Å². The highest BCUT2D eigenvalue weighted by Gasteiger charge is 1.99. The van der Waals surface area contributed by atoms with Crippen LogP contribution >= 0.6 is 0 Å². The molecule has 2 aromatic heterocycles. The summed E-state index contributed by atoms with van der Waals surface area (Å²) >= 11 is 0. The standard InChI is InChI=1S/C8H9N3O/c12-5-2-7-6-8-9-3-1-4-11(8)10-7/h1,3-4,6,12H,2,5H2. The van der Waals surface area contributed by atoms with Crippen molar-refractivity contribution in [2.24, 2.45) is 0 Å². The fraction of sp³-hybridized carbons (Fsp3) is 0.250. The van der Waals surface area contributed by atoms with E-state index in [-0.39, 0.29) is 6.61 Å². The number of aliphatic hydroxyl groups excluding tert-OH is 1. The van der Waals surface area contributed by atoms with Crippen LogP contribution in [-0.4, -0.2) is 26.3 Å². The summed E-state index contributed by atoms with van der Waals surface area (Å²) in [7, 11) is 0. The molecule has 4 heteroatoms. The molecule has 0 fully saturated rings. The molecule has 12 heavy (non-hydrogen) atoms. The van der Waals surface area contributed by atoms with Crippen LogP contribution in [0.2, 0.25) is 0 Å². The third kappa shape index (κ3) is 1.16. The van der Waals surface area contributed by atoms with E-state index in [1.807, 2.05) is 18.3 Å². The van der Waals surface area contributed by atoms with E-state index in [1.165, 1.54) is 0 Å². The van der Waals surface area contributed by atoms with Gasteiger partial charge >= 0.3 is 0 Å². The van der Waals surface area contributed by atoms with Crippen molar-refractivity contribution in [1.29, 1.82) is 0 Å². The first-order valence-corrected chi connectivity index (χ1v) is 3.80. The highest BCUT2D eigenvalue weighted by molar-refractivity contribution is 5.38. The maximum atomic E-state index is 8.68. The molecule has 0 amide bonds. The van der Waals surface area contributed by atoms with Gasteiger partial charge in [-0.1, -0.05) is 0 Å². The highest BCUT2D eigenvalue weighted by atomic mass is 16.3. The smallest absolute Gasteiger partial charge is 0.155 e. The van der Waals surface area contributed by atoms with Crippen LogP contribution in [0.1, 0.15) is 5.69 Å². The van der Waals surface area contributed by atoms with Crippen LogP contribution in [0.15, 0.2) is 24.5 Å². The van der Waals surface area contributed by atoms with Crippen LogP contribution in [0.4, 0.5) is 0 Å². The van der Waals surface area contributed by atoms with Gasteiger partial charge in [-0.15, -0.1) is 0 Å². The molecule has 0 unspecified atom stereocenters. The van der Waals surface area contributed by atoms with E-state index in [4.69, 9.17) is 5.11 Å². The lowest BCUT2D eigenvalue weighted by molar-refractivity contribution is 0.298. The van der Waals surface area contributed by atoms with Crippen molar-refractivity contribution in [2.45, 2.75) is 6.42 Å². The van der Waals surface area contributed by atoms with Crippen LogP contribution in [0.3, 0.4) is 0 Å². The minimum absolute atomic E-state index is 0.129. The number of aromatic nitrogens is 3. The minimum atomic E-state index is 0.129. The predicted molar refractivity (Wildman–Crippen MR) is 43.8 cm³/mol. The molecule has 62 valence electrons. The monoisotopic (exact) mass is 163 g/mol. The van der Waals surface area contributed by atoms with Gasteiger partial charge in [0, 0.05) is 31.5 Å². The second-order valence-electron chi connectivity index (χ2n) is 2.53. The quantitative estimate of drug-likeness (QED) is 0.691. The van der Waals surface area contributed by atoms with Crippen molar-refractivity contribution >= 4 is 5.65 Å². The molecular formula is C8H9N3O. The molecular weight excluding hydrogens is 154 g/mol. The molecule has 2 rings (SSSR count). The Morgan fingerprint density at radius 3 is 3.17 bits per heavy atom. The first-order chi connectivity index (χ1) is 5.90. The Hall–Kier alpha value is -1.42. The zero-order chi connectivity index (χ0) is 8.39. The fourth-order valence-corrected chi connectivity index (χ4v) is 1.12. The van der Waals surface area contributed by atoms with E-state index in [9.17, 15) is 0 Å². The van der Waals surface area contributed by atoms with Crippen molar-refractivity contribution in [2.75, 3.05) is 6.61 Å². The van der Waals surface area contributed by atoms with Crippen LogP contribution < -0.4 is 0 Å². The van der Waals surface area contributed by atoms with Gasteiger partial charge in [0.25, 0.3) is 0 Å². The average Bonchev–Trinajstić information content (AvgIpc) is 2.47. The molecule has 4 nitrogen and oxygen atoms in total. The number of fused-ring (bicyclic) bond motifs is 1. The Morgan fingerprint density at radius 1 is 1.50 bits per heavy atom. The molecule has 2 heterocycles. The average molecular weight is 163 g/mol. The van der Waals surface area contributed by atoms with Crippen molar-refractivity contribution in [3.8, 4) is 0 Å². The third-order valence-electron chi connectivity index (χ3n) is 1.65. The van der Waals surface area contributed by atoms with E-state index in [1.54, 1.807) is 10.7 Å². The van der Waals surface area contributed by atoms with Gasteiger partial charge in [-0.2, -0.15) is 5.10 Å². The molecule has 0 aliphatic carbocycles. The number of hydrogen-bond donors (Lipinski definition) is 1. The van der Waals surface area contributed by atoms with Crippen molar-refractivity contribution in [1.82, 2.24) is 14.6 Å². The van der Waals surface area contributed by atoms with Crippen LogP contribution in [0, 0.1) is 0 Å². The van der Waals surface area contributed by atoms with Crippen molar-refractivity contribution < 1.29 is 5.11 Å². The normalized spacial score (nSPS) is 10.8. The van der Waals surface area contributed by atoms with Crippen molar-refractivity contribution in [3.63, 3.8) is 0 Å². The van der Waals surface area contributed by atoms with Gasteiger partial charge in [0.15, 0.2) is 5.65 Å². The van der Waals surface area contributed by atoms with Gasteiger partial charge in [0.1, 0.15) is 0 Å². The van der Waals surface area contributed by atoms with Gasteiger partial charge in [-0.05, 0) is 6.07 Å². The SMILES string of the molecule is OCCc1cc2ncccn2n1. The van der Waals surface area contributed by atoms with Crippen LogP contribution in [-0.2, 0) is 6.42 Å². The lowest BCUT2D eigenvalue weighted by Crippen LogP contribution is -1.92. The van der Waals surface area contributed by atoms with E-state index in [0.29, 0.717) is 6.42 Å². The van der Waals surface area contributed by atoms with E-state index < -0.39 is 0 Å². The van der Waals surface area contributed by atoms with Gasteiger partial charge in [0.2, 0.25) is 0 Å². The van der Waals surface area contributed by atoms with Gasteiger partial charge in [-0.25, -0.2) is 9.50 Å². The highest BCUT2D eigenvalue weighted by Crippen LogP contribution is 2.02. The van der Waals surface area contributed by atoms with E-state index in [0.717, 1.165) is 11.3 Å². The minimum Gasteiger partial charge on any atom is -0.396 e. The molecule has 0 saturated heterocycles. The summed E-state index contributed by atoms with van der Waals surface area (Å²) in [6.07, 6.45) is 4.15. The largest absolute Gasteiger partial charge is 0.396 e. The summed E-state index contributed by atoms with van der Waals surface area (Å²) in [6.45, 7) is 0.129. The van der Waals surface area contributed by atoms with Gasteiger partial charge in [0.05, 0.1) is 5.69 Å². The zero-order valence-corrected chi connectivity index (χ0v) is 6.51. The first-order valence-electron chi connectivity index (χ1n) is 3.80. The molecule has 2 aromatic rings. The molecule has 0 aromatic carbocycles. The molecule has 0 aliphatic rings. The summed E-state index contributed by atoms with van der Waals surface area (Å²) in [6, 6.07) is 3.69. The number of rotatable bonds is 2. The molecule has 0 atom stereocenters. The van der Waals surface area contributed by atoms with E-state index in [2.05, 4.69) is 10.1 Å². The first kappa shape index (κ1) is 7.24.